The fraction of sp³-hybridized carbons (Fsp3) is 0.182. The second kappa shape index (κ2) is 4.82. The third kappa shape index (κ3) is 2.62. The van der Waals surface area contributed by atoms with Gasteiger partial charge in [0, 0.05) is 11.5 Å². The maximum atomic E-state index is 12.2. The van der Waals surface area contributed by atoms with E-state index in [-0.39, 0.29) is 11.3 Å². The van der Waals surface area contributed by atoms with Gasteiger partial charge in [-0.2, -0.15) is 21.6 Å². The van der Waals surface area contributed by atoms with Crippen LogP contribution in [0.25, 0.3) is 10.9 Å². The lowest BCUT2D eigenvalue weighted by molar-refractivity contribution is -0.0501. The van der Waals surface area contributed by atoms with E-state index in [0.29, 0.717) is 5.39 Å². The average molecular weight is 307 g/mol. The molecular formula is C11H8F3NO4S. The first kappa shape index (κ1) is 14.4. The summed E-state index contributed by atoms with van der Waals surface area (Å²) in [6.45, 7) is 0. The van der Waals surface area contributed by atoms with Crippen LogP contribution in [0.2, 0.25) is 0 Å². The number of benzene rings is 1. The average Bonchev–Trinajstić information content (AvgIpc) is 2.36. The molecule has 0 aliphatic heterocycles. The molecule has 0 saturated carbocycles. The number of pyridine rings is 1. The SMILES string of the molecule is COc1cc(OS(=O)(=O)C(F)(F)F)nc2ccccc12. The van der Waals surface area contributed by atoms with Crippen molar-refractivity contribution in [2.45, 2.75) is 5.51 Å². The van der Waals surface area contributed by atoms with Gasteiger partial charge in [0.05, 0.1) is 12.6 Å². The lowest BCUT2D eigenvalue weighted by Gasteiger charge is -2.11. The van der Waals surface area contributed by atoms with Gasteiger partial charge in [-0.1, -0.05) is 12.1 Å². The van der Waals surface area contributed by atoms with Gasteiger partial charge in [0.2, 0.25) is 5.88 Å². The first-order valence-electron chi connectivity index (χ1n) is 5.19. The zero-order chi connectivity index (χ0) is 15.0. The molecule has 1 aromatic heterocycles. The summed E-state index contributed by atoms with van der Waals surface area (Å²) in [5, 5.41) is 0.520. The van der Waals surface area contributed by atoms with Crippen LogP contribution in [-0.2, 0) is 10.1 Å². The summed E-state index contributed by atoms with van der Waals surface area (Å²) in [4.78, 5) is 3.70. The number of methoxy groups -OCH3 is 1. The molecule has 0 bridgehead atoms. The van der Waals surface area contributed by atoms with Crippen LogP contribution in [0.4, 0.5) is 13.2 Å². The Labute approximate surface area is 112 Å². The first-order chi connectivity index (χ1) is 9.24. The van der Waals surface area contributed by atoms with Crippen molar-refractivity contribution in [1.82, 2.24) is 4.98 Å². The molecule has 1 heterocycles. The molecule has 108 valence electrons. The van der Waals surface area contributed by atoms with E-state index in [1.165, 1.54) is 13.2 Å². The highest BCUT2D eigenvalue weighted by Crippen LogP contribution is 2.31. The van der Waals surface area contributed by atoms with Gasteiger partial charge >= 0.3 is 15.6 Å². The van der Waals surface area contributed by atoms with Crippen LogP contribution in [0.15, 0.2) is 30.3 Å². The summed E-state index contributed by atoms with van der Waals surface area (Å²) in [5.41, 5.74) is -5.27. The second-order valence-corrected chi connectivity index (χ2v) is 5.20. The van der Waals surface area contributed by atoms with Gasteiger partial charge in [0.15, 0.2) is 0 Å². The van der Waals surface area contributed by atoms with Crippen LogP contribution >= 0.6 is 0 Å². The molecular weight excluding hydrogens is 299 g/mol. The van der Waals surface area contributed by atoms with E-state index in [4.69, 9.17) is 4.74 Å². The molecule has 1 aromatic carbocycles. The highest BCUT2D eigenvalue weighted by molar-refractivity contribution is 7.87. The molecule has 0 spiro atoms. The topological polar surface area (TPSA) is 65.5 Å². The minimum Gasteiger partial charge on any atom is -0.496 e. The van der Waals surface area contributed by atoms with Crippen molar-refractivity contribution in [3.05, 3.63) is 30.3 Å². The van der Waals surface area contributed by atoms with Crippen LogP contribution in [-0.4, -0.2) is 26.0 Å². The number of hydrogen-bond donors (Lipinski definition) is 0. The van der Waals surface area contributed by atoms with Crippen LogP contribution < -0.4 is 8.92 Å². The predicted octanol–water partition coefficient (Wildman–Crippen LogP) is 2.47. The van der Waals surface area contributed by atoms with Crippen molar-refractivity contribution in [3.63, 3.8) is 0 Å². The Kier molecular flexibility index (Phi) is 3.46. The van der Waals surface area contributed by atoms with Crippen molar-refractivity contribution < 1.29 is 30.5 Å². The lowest BCUT2D eigenvalue weighted by atomic mass is 10.2. The van der Waals surface area contributed by atoms with Crippen molar-refractivity contribution in [3.8, 4) is 11.6 Å². The molecule has 0 N–H and O–H groups in total. The van der Waals surface area contributed by atoms with Crippen LogP contribution in [0.5, 0.6) is 11.6 Å². The highest BCUT2D eigenvalue weighted by atomic mass is 32.2. The van der Waals surface area contributed by atoms with E-state index in [1.54, 1.807) is 18.2 Å². The Morgan fingerprint density at radius 3 is 2.45 bits per heavy atom. The summed E-state index contributed by atoms with van der Waals surface area (Å²) in [6.07, 6.45) is 0. The number of para-hydroxylation sites is 1. The summed E-state index contributed by atoms with van der Waals surface area (Å²) < 4.78 is 67.5. The van der Waals surface area contributed by atoms with Gasteiger partial charge in [-0.15, -0.1) is 0 Å². The number of aromatic nitrogens is 1. The number of ether oxygens (including phenoxy) is 1. The van der Waals surface area contributed by atoms with Crippen molar-refractivity contribution >= 4 is 21.0 Å². The number of nitrogens with zero attached hydrogens (tertiary/aromatic N) is 1. The fourth-order valence-corrected chi connectivity index (χ4v) is 1.90. The van der Waals surface area contributed by atoms with E-state index < -0.39 is 21.5 Å². The summed E-state index contributed by atoms with van der Waals surface area (Å²) in [5.74, 6) is -0.555. The maximum Gasteiger partial charge on any atom is 0.534 e. The molecule has 0 aliphatic rings. The molecule has 0 amide bonds. The minimum atomic E-state index is -5.76. The summed E-state index contributed by atoms with van der Waals surface area (Å²) in [7, 11) is -4.47. The normalized spacial score (nSPS) is 12.4. The highest BCUT2D eigenvalue weighted by Gasteiger charge is 2.48. The quantitative estimate of drug-likeness (QED) is 0.644. The van der Waals surface area contributed by atoms with E-state index in [2.05, 4.69) is 9.17 Å². The lowest BCUT2D eigenvalue weighted by Crippen LogP contribution is -2.28. The third-order valence-corrected chi connectivity index (χ3v) is 3.31. The number of fused-ring (bicyclic) bond motifs is 1. The zero-order valence-corrected chi connectivity index (χ0v) is 10.8. The van der Waals surface area contributed by atoms with Gasteiger partial charge in [-0.05, 0) is 12.1 Å². The number of rotatable bonds is 3. The Bertz CT molecular complexity index is 743. The molecule has 0 atom stereocenters. The maximum absolute atomic E-state index is 12.2. The molecule has 0 saturated heterocycles. The Hall–Kier alpha value is -2.03. The standard InChI is InChI=1S/C11H8F3NO4S/c1-18-9-6-10(19-20(16,17)11(12,13)14)15-8-5-3-2-4-7(8)9/h2-6H,1H3. The van der Waals surface area contributed by atoms with Gasteiger partial charge in [0.1, 0.15) is 5.75 Å². The van der Waals surface area contributed by atoms with E-state index in [1.807, 2.05) is 0 Å². The summed E-state index contributed by atoms with van der Waals surface area (Å²) in [6, 6.07) is 7.37. The van der Waals surface area contributed by atoms with Crippen LogP contribution in [0.3, 0.4) is 0 Å². The third-order valence-electron chi connectivity index (χ3n) is 2.35. The molecule has 0 aliphatic carbocycles. The number of halogens is 3. The van der Waals surface area contributed by atoms with Crippen molar-refractivity contribution in [2.75, 3.05) is 7.11 Å². The molecule has 0 radical (unpaired) electrons. The minimum absolute atomic E-state index is 0.156. The van der Waals surface area contributed by atoms with Gasteiger partial charge in [-0.3, -0.25) is 0 Å². The van der Waals surface area contributed by atoms with Gasteiger partial charge < -0.3 is 8.92 Å². The molecule has 0 fully saturated rings. The Morgan fingerprint density at radius 2 is 1.85 bits per heavy atom. The first-order valence-corrected chi connectivity index (χ1v) is 6.60. The number of hydrogen-bond acceptors (Lipinski definition) is 5. The molecule has 2 rings (SSSR count). The molecule has 20 heavy (non-hydrogen) atoms. The fourth-order valence-electron chi connectivity index (χ4n) is 1.49. The van der Waals surface area contributed by atoms with E-state index >= 15 is 0 Å². The van der Waals surface area contributed by atoms with Crippen molar-refractivity contribution in [2.24, 2.45) is 0 Å². The molecule has 9 heteroatoms. The molecule has 5 nitrogen and oxygen atoms in total. The predicted molar refractivity (Wildman–Crippen MR) is 63.9 cm³/mol. The monoisotopic (exact) mass is 307 g/mol. The van der Waals surface area contributed by atoms with E-state index in [0.717, 1.165) is 6.07 Å². The molecule has 2 aromatic rings. The van der Waals surface area contributed by atoms with Crippen LogP contribution in [0.1, 0.15) is 0 Å². The Balaban J connectivity index is 2.52. The van der Waals surface area contributed by atoms with E-state index in [9.17, 15) is 21.6 Å². The second-order valence-electron chi connectivity index (χ2n) is 3.66. The zero-order valence-electron chi connectivity index (χ0n) is 10.0. The smallest absolute Gasteiger partial charge is 0.496 e. The van der Waals surface area contributed by atoms with Crippen LogP contribution in [0, 0.1) is 0 Å². The van der Waals surface area contributed by atoms with Gasteiger partial charge in [-0.25, -0.2) is 4.98 Å². The number of alkyl halides is 3. The van der Waals surface area contributed by atoms with Crippen molar-refractivity contribution in [1.29, 1.82) is 0 Å². The largest absolute Gasteiger partial charge is 0.534 e. The molecule has 0 unspecified atom stereocenters. The Morgan fingerprint density at radius 1 is 1.20 bits per heavy atom. The summed E-state index contributed by atoms with van der Waals surface area (Å²) >= 11 is 0. The van der Waals surface area contributed by atoms with Gasteiger partial charge in [0.25, 0.3) is 0 Å².